The van der Waals surface area contributed by atoms with E-state index in [1.165, 1.54) is 46.6 Å². The molecule has 0 fully saturated rings. The van der Waals surface area contributed by atoms with E-state index in [4.69, 9.17) is 18.9 Å². The number of sulfonamides is 1. The fourth-order valence-corrected chi connectivity index (χ4v) is 3.76. The Labute approximate surface area is 158 Å². The van der Waals surface area contributed by atoms with E-state index in [1.54, 1.807) is 19.1 Å². The highest BCUT2D eigenvalue weighted by atomic mass is 32.2. The molecular weight excluding hydrogens is 374 g/mol. The lowest BCUT2D eigenvalue weighted by atomic mass is 10.1. The molecule has 0 amide bonds. The van der Waals surface area contributed by atoms with Gasteiger partial charge < -0.3 is 18.9 Å². The monoisotopic (exact) mass is 395 g/mol. The van der Waals surface area contributed by atoms with Gasteiger partial charge in [-0.05, 0) is 24.6 Å². The van der Waals surface area contributed by atoms with Crippen molar-refractivity contribution in [3.05, 3.63) is 41.5 Å². The van der Waals surface area contributed by atoms with Crippen LogP contribution in [0.1, 0.15) is 15.9 Å². The normalized spacial score (nSPS) is 10.9. The van der Waals surface area contributed by atoms with Crippen molar-refractivity contribution in [3.63, 3.8) is 0 Å². The van der Waals surface area contributed by atoms with Crippen molar-refractivity contribution in [2.24, 2.45) is 0 Å². The second kappa shape index (κ2) is 8.17. The molecule has 0 aliphatic heterocycles. The lowest BCUT2D eigenvalue weighted by Crippen LogP contribution is -2.17. The Morgan fingerprint density at radius 2 is 1.48 bits per heavy atom. The van der Waals surface area contributed by atoms with Crippen LogP contribution in [0.15, 0.2) is 35.2 Å². The van der Waals surface area contributed by atoms with Crippen molar-refractivity contribution in [2.45, 2.75) is 11.8 Å². The number of anilines is 1. The minimum Gasteiger partial charge on any atom is -0.495 e. The van der Waals surface area contributed by atoms with E-state index in [0.717, 1.165) is 5.56 Å². The van der Waals surface area contributed by atoms with E-state index in [9.17, 15) is 13.2 Å². The van der Waals surface area contributed by atoms with Gasteiger partial charge >= 0.3 is 5.97 Å². The van der Waals surface area contributed by atoms with Crippen molar-refractivity contribution in [1.82, 2.24) is 0 Å². The zero-order valence-electron chi connectivity index (χ0n) is 15.7. The van der Waals surface area contributed by atoms with Crippen molar-refractivity contribution in [1.29, 1.82) is 0 Å². The Bertz CT molecular complexity index is 954. The molecule has 0 saturated heterocycles. The molecule has 0 heterocycles. The van der Waals surface area contributed by atoms with Gasteiger partial charge in [-0.2, -0.15) is 0 Å². The standard InChI is InChI=1S/C18H21NO7S/c1-11-6-7-14(23-2)17(8-11)27(21,22)19-13-10-16(25-4)15(24-3)9-12(13)18(20)26-5/h6-10,19H,1-5H3. The third-order valence-electron chi connectivity index (χ3n) is 3.78. The quantitative estimate of drug-likeness (QED) is 0.719. The smallest absolute Gasteiger partial charge is 0.340 e. The molecule has 0 aliphatic carbocycles. The minimum absolute atomic E-state index is 0.0111. The zero-order valence-corrected chi connectivity index (χ0v) is 16.5. The number of aryl methyl sites for hydroxylation is 1. The van der Waals surface area contributed by atoms with Crippen LogP contribution in [-0.2, 0) is 14.8 Å². The van der Waals surface area contributed by atoms with Gasteiger partial charge in [-0.3, -0.25) is 4.72 Å². The van der Waals surface area contributed by atoms with Crippen LogP contribution in [0.25, 0.3) is 0 Å². The number of nitrogens with one attached hydrogen (secondary N) is 1. The number of methoxy groups -OCH3 is 4. The van der Waals surface area contributed by atoms with E-state index in [0.29, 0.717) is 0 Å². The first-order valence-corrected chi connectivity index (χ1v) is 9.27. The second-order valence-corrected chi connectivity index (χ2v) is 7.15. The molecule has 0 aliphatic rings. The molecule has 0 unspecified atom stereocenters. The van der Waals surface area contributed by atoms with Gasteiger partial charge in [0.2, 0.25) is 0 Å². The molecule has 9 heteroatoms. The fraction of sp³-hybridized carbons (Fsp3) is 0.278. The summed E-state index contributed by atoms with van der Waals surface area (Å²) >= 11 is 0. The summed E-state index contributed by atoms with van der Waals surface area (Å²) in [6, 6.07) is 7.45. The van der Waals surface area contributed by atoms with Crippen LogP contribution in [0.4, 0.5) is 5.69 Å². The van der Waals surface area contributed by atoms with Crippen LogP contribution >= 0.6 is 0 Å². The minimum atomic E-state index is -4.07. The summed E-state index contributed by atoms with van der Waals surface area (Å²) in [6.45, 7) is 1.76. The number of carbonyl (C=O) groups excluding carboxylic acids is 1. The van der Waals surface area contributed by atoms with Crippen LogP contribution in [0.5, 0.6) is 17.2 Å². The predicted molar refractivity (Wildman–Crippen MR) is 99.4 cm³/mol. The van der Waals surface area contributed by atoms with Crippen LogP contribution in [0.2, 0.25) is 0 Å². The SMILES string of the molecule is COC(=O)c1cc(OC)c(OC)cc1NS(=O)(=O)c1cc(C)ccc1OC. The summed E-state index contributed by atoms with van der Waals surface area (Å²) in [6.07, 6.45) is 0. The molecule has 2 aromatic carbocycles. The number of benzene rings is 2. The van der Waals surface area contributed by atoms with Crippen LogP contribution < -0.4 is 18.9 Å². The van der Waals surface area contributed by atoms with Gasteiger partial charge in [-0.25, -0.2) is 13.2 Å². The van der Waals surface area contributed by atoms with E-state index in [1.807, 2.05) is 0 Å². The lowest BCUT2D eigenvalue weighted by molar-refractivity contribution is 0.0601. The summed E-state index contributed by atoms with van der Waals surface area (Å²) in [5.41, 5.74) is 0.699. The molecule has 0 bridgehead atoms. The summed E-state index contributed by atoms with van der Waals surface area (Å²) in [5, 5.41) is 0. The molecule has 146 valence electrons. The summed E-state index contributed by atoms with van der Waals surface area (Å²) < 4.78 is 48.5. The Kier molecular flexibility index (Phi) is 6.17. The molecule has 0 spiro atoms. The zero-order chi connectivity index (χ0) is 20.2. The number of esters is 1. The topological polar surface area (TPSA) is 100 Å². The van der Waals surface area contributed by atoms with Crippen LogP contribution in [-0.4, -0.2) is 42.8 Å². The largest absolute Gasteiger partial charge is 0.495 e. The fourth-order valence-electron chi connectivity index (χ4n) is 2.44. The lowest BCUT2D eigenvalue weighted by Gasteiger charge is -2.16. The van der Waals surface area contributed by atoms with Gasteiger partial charge in [0.1, 0.15) is 10.6 Å². The number of hydrogen-bond acceptors (Lipinski definition) is 7. The van der Waals surface area contributed by atoms with Gasteiger partial charge in [-0.1, -0.05) is 6.07 Å². The van der Waals surface area contributed by atoms with Gasteiger partial charge in [0, 0.05) is 12.1 Å². The Morgan fingerprint density at radius 1 is 0.889 bits per heavy atom. The first-order valence-electron chi connectivity index (χ1n) is 7.79. The van der Waals surface area contributed by atoms with Gasteiger partial charge in [0.15, 0.2) is 11.5 Å². The van der Waals surface area contributed by atoms with E-state index in [2.05, 4.69) is 4.72 Å². The molecule has 0 aromatic heterocycles. The number of ether oxygens (including phenoxy) is 4. The highest BCUT2D eigenvalue weighted by Crippen LogP contribution is 2.35. The van der Waals surface area contributed by atoms with E-state index in [-0.39, 0.29) is 33.4 Å². The maximum absolute atomic E-state index is 12.9. The van der Waals surface area contributed by atoms with Crippen LogP contribution in [0.3, 0.4) is 0 Å². The average Bonchev–Trinajstić information content (AvgIpc) is 2.66. The number of rotatable bonds is 7. The first kappa shape index (κ1) is 20.4. The maximum atomic E-state index is 12.9. The third kappa shape index (κ3) is 4.25. The highest BCUT2D eigenvalue weighted by molar-refractivity contribution is 7.92. The molecule has 2 aromatic rings. The van der Waals surface area contributed by atoms with Crippen molar-refractivity contribution in [2.75, 3.05) is 33.2 Å². The number of carbonyl (C=O) groups is 1. The Balaban J connectivity index is 2.61. The first-order chi connectivity index (χ1) is 12.8. The molecule has 27 heavy (non-hydrogen) atoms. The number of hydrogen-bond donors (Lipinski definition) is 1. The summed E-state index contributed by atoms with van der Waals surface area (Å²) in [4.78, 5) is 12.1. The van der Waals surface area contributed by atoms with Crippen molar-refractivity contribution in [3.8, 4) is 17.2 Å². The molecule has 0 radical (unpaired) electrons. The maximum Gasteiger partial charge on any atom is 0.340 e. The van der Waals surface area contributed by atoms with Gasteiger partial charge in [0.05, 0.1) is 39.7 Å². The molecule has 8 nitrogen and oxygen atoms in total. The van der Waals surface area contributed by atoms with Gasteiger partial charge in [0.25, 0.3) is 10.0 Å². The molecular formula is C18H21NO7S. The van der Waals surface area contributed by atoms with E-state index < -0.39 is 16.0 Å². The molecule has 0 saturated carbocycles. The van der Waals surface area contributed by atoms with Gasteiger partial charge in [-0.15, -0.1) is 0 Å². The van der Waals surface area contributed by atoms with Crippen LogP contribution in [0, 0.1) is 6.92 Å². The second-order valence-electron chi connectivity index (χ2n) is 5.50. The third-order valence-corrected chi connectivity index (χ3v) is 5.17. The Hall–Kier alpha value is -2.94. The van der Waals surface area contributed by atoms with Crippen molar-refractivity contribution >= 4 is 21.7 Å². The van der Waals surface area contributed by atoms with Crippen molar-refractivity contribution < 1.29 is 32.2 Å². The summed E-state index contributed by atoms with van der Waals surface area (Å²) in [5.74, 6) is -0.0499. The molecule has 0 atom stereocenters. The average molecular weight is 395 g/mol. The van der Waals surface area contributed by atoms with E-state index >= 15 is 0 Å². The molecule has 1 N–H and O–H groups in total. The molecule has 2 rings (SSSR count). The highest BCUT2D eigenvalue weighted by Gasteiger charge is 2.25. The Morgan fingerprint density at radius 3 is 2.04 bits per heavy atom. The predicted octanol–water partition coefficient (Wildman–Crippen LogP) is 2.61. The summed E-state index contributed by atoms with van der Waals surface area (Å²) in [7, 11) is 1.31.